The number of fused-ring (bicyclic) bond motifs is 1. The van der Waals surface area contributed by atoms with Gasteiger partial charge >= 0.3 is 0 Å². The minimum Gasteiger partial charge on any atom is -0.272 e. The number of benzene rings is 4. The second-order valence-electron chi connectivity index (χ2n) is 8.03. The van der Waals surface area contributed by atoms with E-state index in [1.54, 1.807) is 0 Å². The highest BCUT2D eigenvalue weighted by atomic mass is 79.9. The highest BCUT2D eigenvalue weighted by Gasteiger charge is 2.17. The van der Waals surface area contributed by atoms with Gasteiger partial charge in [0.25, 0.3) is 5.91 Å². The molecule has 1 heterocycles. The second-order valence-corrected chi connectivity index (χ2v) is 9.89. The summed E-state index contributed by atoms with van der Waals surface area (Å²) in [6, 6.07) is 32.0. The number of hydrogen-bond donors (Lipinski definition) is 1. The molecule has 1 amide bonds. The molecule has 0 aliphatic carbocycles. The number of hydrazone groups is 1. The van der Waals surface area contributed by atoms with Gasteiger partial charge in [-0.1, -0.05) is 100 Å². The van der Waals surface area contributed by atoms with E-state index in [9.17, 15) is 4.79 Å². The lowest BCUT2D eigenvalue weighted by molar-refractivity contribution is -0.118. The van der Waals surface area contributed by atoms with E-state index in [4.69, 9.17) is 0 Å². The number of halogens is 1. The molecule has 36 heavy (non-hydrogen) atoms. The van der Waals surface area contributed by atoms with Crippen molar-refractivity contribution in [3.05, 3.63) is 107 Å². The zero-order chi connectivity index (χ0) is 24.9. The number of nitrogens with one attached hydrogen (secondary N) is 1. The van der Waals surface area contributed by atoms with Gasteiger partial charge in [-0.25, -0.2) is 5.43 Å². The van der Waals surface area contributed by atoms with Gasteiger partial charge in [0.2, 0.25) is 0 Å². The van der Waals surface area contributed by atoms with Crippen LogP contribution in [0.1, 0.15) is 12.5 Å². The third kappa shape index (κ3) is 5.24. The van der Waals surface area contributed by atoms with E-state index >= 15 is 0 Å². The summed E-state index contributed by atoms with van der Waals surface area (Å²) in [5, 5.41) is 16.0. The minimum atomic E-state index is -0.215. The number of hydrogen-bond acceptors (Lipinski definition) is 5. The maximum absolute atomic E-state index is 12.7. The molecular formula is C28H22BrN5OS. The zero-order valence-corrected chi connectivity index (χ0v) is 21.8. The fourth-order valence-corrected chi connectivity index (χ4v) is 4.88. The molecule has 0 spiro atoms. The Labute approximate surface area is 221 Å². The molecule has 0 fully saturated rings. The Morgan fingerprint density at radius 3 is 2.44 bits per heavy atom. The lowest BCUT2D eigenvalue weighted by Crippen LogP contribution is -2.21. The number of thioether (sulfide) groups is 1. The van der Waals surface area contributed by atoms with E-state index < -0.39 is 0 Å². The van der Waals surface area contributed by atoms with Gasteiger partial charge in [-0.05, 0) is 42.0 Å². The van der Waals surface area contributed by atoms with Crippen LogP contribution in [0, 0.1) is 0 Å². The van der Waals surface area contributed by atoms with Crippen LogP contribution in [0.2, 0.25) is 0 Å². The average molecular weight is 556 g/mol. The smallest absolute Gasteiger partial charge is 0.250 e. The number of amides is 1. The topological polar surface area (TPSA) is 72.2 Å². The first-order chi connectivity index (χ1) is 17.6. The predicted molar refractivity (Wildman–Crippen MR) is 150 cm³/mol. The van der Waals surface area contributed by atoms with E-state index in [1.807, 2.05) is 90.4 Å². The molecule has 6 nitrogen and oxygen atoms in total. The van der Waals surface area contributed by atoms with Gasteiger partial charge in [-0.3, -0.25) is 9.36 Å². The molecule has 0 saturated carbocycles. The number of carbonyl (C=O) groups is 1. The Morgan fingerprint density at radius 1 is 0.917 bits per heavy atom. The third-order valence-electron chi connectivity index (χ3n) is 5.61. The summed E-state index contributed by atoms with van der Waals surface area (Å²) in [7, 11) is 0. The van der Waals surface area contributed by atoms with Crippen LogP contribution in [0.4, 0.5) is 0 Å². The summed E-state index contributed by atoms with van der Waals surface area (Å²) < 4.78 is 2.95. The summed E-state index contributed by atoms with van der Waals surface area (Å²) >= 11 is 4.79. The maximum Gasteiger partial charge on any atom is 0.250 e. The number of para-hydroxylation sites is 1. The summed E-state index contributed by atoms with van der Waals surface area (Å²) in [6.07, 6.45) is 0. The van der Waals surface area contributed by atoms with Gasteiger partial charge in [0, 0.05) is 21.3 Å². The van der Waals surface area contributed by atoms with Gasteiger partial charge in [0.05, 0.1) is 11.5 Å². The van der Waals surface area contributed by atoms with E-state index in [0.29, 0.717) is 11.0 Å². The third-order valence-corrected chi connectivity index (χ3v) is 7.07. The number of nitrogens with zero attached hydrogens (tertiary/aromatic N) is 4. The first kappa shape index (κ1) is 24.0. The van der Waals surface area contributed by atoms with Crippen molar-refractivity contribution in [2.24, 2.45) is 5.10 Å². The minimum absolute atomic E-state index is 0.150. The van der Waals surface area contributed by atoms with Crippen molar-refractivity contribution >= 4 is 50.1 Å². The Bertz CT molecular complexity index is 1540. The van der Waals surface area contributed by atoms with Crippen molar-refractivity contribution in [2.75, 3.05) is 5.75 Å². The molecular weight excluding hydrogens is 534 g/mol. The highest BCUT2D eigenvalue weighted by Crippen LogP contribution is 2.28. The molecule has 8 heteroatoms. The van der Waals surface area contributed by atoms with Gasteiger partial charge in [-0.15, -0.1) is 10.2 Å². The van der Waals surface area contributed by atoms with Crippen LogP contribution in [0.5, 0.6) is 0 Å². The standard InChI is InChI=1S/C28H22BrN5OS/c1-19(24-13-7-9-20-8-5-6-12-25(20)24)30-31-26(35)18-36-28-33-32-27(21-14-16-22(29)17-15-21)34(28)23-10-3-2-4-11-23/h2-17H,18H2,1H3,(H,31,35)/b30-19-. The lowest BCUT2D eigenvalue weighted by atomic mass is 10.0. The highest BCUT2D eigenvalue weighted by molar-refractivity contribution is 9.10. The summed E-state index contributed by atoms with van der Waals surface area (Å²) in [4.78, 5) is 12.7. The molecule has 0 atom stereocenters. The number of carbonyl (C=O) groups excluding carboxylic acids is 1. The predicted octanol–water partition coefficient (Wildman–Crippen LogP) is 6.48. The van der Waals surface area contributed by atoms with Crippen molar-refractivity contribution < 1.29 is 4.79 Å². The second kappa shape index (κ2) is 10.9. The molecule has 178 valence electrons. The van der Waals surface area contributed by atoms with E-state index in [1.165, 1.54) is 11.8 Å². The molecule has 1 N–H and O–H groups in total. The molecule has 5 rings (SSSR count). The Kier molecular flexibility index (Phi) is 7.25. The molecule has 0 aliphatic heterocycles. The van der Waals surface area contributed by atoms with Crippen molar-refractivity contribution in [3.63, 3.8) is 0 Å². The van der Waals surface area contributed by atoms with Gasteiger partial charge in [0.1, 0.15) is 0 Å². The van der Waals surface area contributed by atoms with Crippen LogP contribution in [0.3, 0.4) is 0 Å². The molecule has 5 aromatic rings. The van der Waals surface area contributed by atoms with Crippen molar-refractivity contribution in [1.29, 1.82) is 0 Å². The van der Waals surface area contributed by atoms with Gasteiger partial charge in [0.15, 0.2) is 11.0 Å². The van der Waals surface area contributed by atoms with E-state index in [2.05, 4.69) is 54.9 Å². The molecule has 0 aliphatic rings. The normalized spacial score (nSPS) is 11.6. The average Bonchev–Trinajstić information content (AvgIpc) is 3.35. The summed E-state index contributed by atoms with van der Waals surface area (Å²) in [5.41, 5.74) is 6.28. The fraction of sp³-hybridized carbons (Fsp3) is 0.0714. The van der Waals surface area contributed by atoms with Crippen LogP contribution in [0.25, 0.3) is 27.8 Å². The molecule has 0 bridgehead atoms. The SMILES string of the molecule is C/C(=N/NC(=O)CSc1nnc(-c2ccc(Br)cc2)n1-c1ccccc1)c1cccc2ccccc12. The molecule has 1 aromatic heterocycles. The van der Waals surface area contributed by atoms with Crippen molar-refractivity contribution in [2.45, 2.75) is 12.1 Å². The van der Waals surface area contributed by atoms with E-state index in [-0.39, 0.29) is 11.7 Å². The first-order valence-corrected chi connectivity index (χ1v) is 13.1. The van der Waals surface area contributed by atoms with Gasteiger partial charge in [-0.2, -0.15) is 5.10 Å². The van der Waals surface area contributed by atoms with Crippen LogP contribution in [-0.2, 0) is 4.79 Å². The zero-order valence-electron chi connectivity index (χ0n) is 19.4. The van der Waals surface area contributed by atoms with Crippen LogP contribution in [-0.4, -0.2) is 32.1 Å². The van der Waals surface area contributed by atoms with E-state index in [0.717, 1.165) is 37.8 Å². The van der Waals surface area contributed by atoms with Crippen LogP contribution < -0.4 is 5.43 Å². The van der Waals surface area contributed by atoms with Crippen molar-refractivity contribution in [3.8, 4) is 17.1 Å². The number of aromatic nitrogens is 3. The first-order valence-electron chi connectivity index (χ1n) is 11.3. The fourth-order valence-electron chi connectivity index (χ4n) is 3.87. The number of rotatable bonds is 7. The van der Waals surface area contributed by atoms with Gasteiger partial charge < -0.3 is 0 Å². The lowest BCUT2D eigenvalue weighted by Gasteiger charge is -2.10. The Morgan fingerprint density at radius 2 is 1.64 bits per heavy atom. The molecule has 0 radical (unpaired) electrons. The largest absolute Gasteiger partial charge is 0.272 e. The summed E-state index contributed by atoms with van der Waals surface area (Å²) in [6.45, 7) is 1.89. The summed E-state index contributed by atoms with van der Waals surface area (Å²) in [5.74, 6) is 0.645. The Hall–Kier alpha value is -3.75. The molecule has 0 unspecified atom stereocenters. The maximum atomic E-state index is 12.7. The van der Waals surface area contributed by atoms with Crippen LogP contribution >= 0.6 is 27.7 Å². The Balaban J connectivity index is 1.34. The monoisotopic (exact) mass is 555 g/mol. The van der Waals surface area contributed by atoms with Crippen molar-refractivity contribution in [1.82, 2.24) is 20.2 Å². The van der Waals surface area contributed by atoms with Crippen LogP contribution in [0.15, 0.2) is 112 Å². The molecule has 4 aromatic carbocycles. The quantitative estimate of drug-likeness (QED) is 0.142. The molecule has 0 saturated heterocycles.